The Morgan fingerprint density at radius 1 is 1.30 bits per heavy atom. The van der Waals surface area contributed by atoms with Crippen LogP contribution in [0.4, 0.5) is 0 Å². The summed E-state index contributed by atoms with van der Waals surface area (Å²) in [5.74, 6) is 0.564. The van der Waals surface area contributed by atoms with Crippen LogP contribution in [-0.4, -0.2) is 17.1 Å². The van der Waals surface area contributed by atoms with Crippen molar-refractivity contribution in [3.05, 3.63) is 53.3 Å². The lowest BCUT2D eigenvalue weighted by molar-refractivity contribution is 0.396. The van der Waals surface area contributed by atoms with Gasteiger partial charge in [0.25, 0.3) is 0 Å². The van der Waals surface area contributed by atoms with Gasteiger partial charge in [0.2, 0.25) is 5.88 Å². The normalized spacial score (nSPS) is 12.5. The van der Waals surface area contributed by atoms with Gasteiger partial charge in [0.1, 0.15) is 6.33 Å². The van der Waals surface area contributed by atoms with Crippen LogP contribution in [0.2, 0.25) is 0 Å². The molecule has 0 N–H and O–H groups in total. The summed E-state index contributed by atoms with van der Waals surface area (Å²) >= 11 is 8.28. The van der Waals surface area contributed by atoms with Crippen LogP contribution < -0.4 is 4.74 Å². The van der Waals surface area contributed by atoms with E-state index in [0.717, 1.165) is 11.3 Å². The minimum absolute atomic E-state index is 0.106. The molecule has 0 aliphatic carbocycles. The maximum absolute atomic E-state index is 6.56. The molecule has 3 aromatic rings. The van der Waals surface area contributed by atoms with Crippen LogP contribution in [0.5, 0.6) is 5.88 Å². The van der Waals surface area contributed by atoms with E-state index in [9.17, 15) is 0 Å². The maximum Gasteiger partial charge on any atom is 0.216 e. The number of hydrogen-bond donors (Lipinski definition) is 0. The average molecular weight is 305 g/mol. The summed E-state index contributed by atoms with van der Waals surface area (Å²) in [4.78, 5) is 8.25. The zero-order chi connectivity index (χ0) is 13.9. The number of methoxy groups -OCH3 is 1. The molecule has 1 unspecified atom stereocenters. The Labute approximate surface area is 126 Å². The molecule has 3 rings (SSSR count). The fraction of sp³-hybridized carbons (Fsp3) is 0.200. The highest BCUT2D eigenvalue weighted by molar-refractivity contribution is 7.17. The maximum atomic E-state index is 6.56. The molecule has 2 aromatic heterocycles. The van der Waals surface area contributed by atoms with Crippen molar-refractivity contribution in [3.8, 4) is 5.88 Å². The molecule has 2 heterocycles. The molecule has 0 saturated carbocycles. The molecule has 1 atom stereocenters. The molecule has 3 nitrogen and oxygen atoms in total. The third-order valence-electron chi connectivity index (χ3n) is 3.14. The van der Waals surface area contributed by atoms with Gasteiger partial charge in [-0.15, -0.1) is 22.9 Å². The fourth-order valence-electron chi connectivity index (χ4n) is 2.13. The number of halogens is 1. The molecular weight excluding hydrogens is 292 g/mol. The van der Waals surface area contributed by atoms with Crippen LogP contribution in [0.1, 0.15) is 16.6 Å². The Bertz CT molecular complexity index is 728. The Balaban J connectivity index is 1.87. The number of nitrogens with zero attached hydrogens (tertiary/aromatic N) is 2. The molecule has 0 amide bonds. The summed E-state index contributed by atoms with van der Waals surface area (Å²) in [6.45, 7) is 0. The molecule has 0 bridgehead atoms. The van der Waals surface area contributed by atoms with Gasteiger partial charge in [-0.2, -0.15) is 0 Å². The first-order chi connectivity index (χ1) is 9.78. The second-order valence-corrected chi connectivity index (χ2v) is 5.85. The Morgan fingerprint density at radius 3 is 3.00 bits per heavy atom. The van der Waals surface area contributed by atoms with E-state index >= 15 is 0 Å². The monoisotopic (exact) mass is 304 g/mol. The first-order valence-corrected chi connectivity index (χ1v) is 7.54. The highest BCUT2D eigenvalue weighted by Gasteiger charge is 2.15. The Kier molecular flexibility index (Phi) is 3.85. The summed E-state index contributed by atoms with van der Waals surface area (Å²) in [6, 6.07) is 10.1. The Morgan fingerprint density at radius 2 is 2.15 bits per heavy atom. The van der Waals surface area contributed by atoms with E-state index in [2.05, 4.69) is 27.5 Å². The molecule has 0 aliphatic rings. The standard InChI is InChI=1S/C15H13ClN2OS/c1-19-15-7-10(17-9-18-15)6-13(16)12-8-20-14-5-3-2-4-11(12)14/h2-5,7-9,13H,6H2,1H3. The van der Waals surface area contributed by atoms with E-state index in [1.165, 1.54) is 16.4 Å². The fourth-order valence-corrected chi connectivity index (χ4v) is 3.56. The van der Waals surface area contributed by atoms with Crippen LogP contribution in [0.25, 0.3) is 10.1 Å². The van der Waals surface area contributed by atoms with Gasteiger partial charge in [-0.05, 0) is 22.4 Å². The predicted molar refractivity (Wildman–Crippen MR) is 82.7 cm³/mol. The topological polar surface area (TPSA) is 35.0 Å². The van der Waals surface area contributed by atoms with Crippen molar-refractivity contribution in [1.82, 2.24) is 9.97 Å². The average Bonchev–Trinajstić information content (AvgIpc) is 2.91. The van der Waals surface area contributed by atoms with Crippen LogP contribution in [-0.2, 0) is 6.42 Å². The van der Waals surface area contributed by atoms with Crippen molar-refractivity contribution in [2.75, 3.05) is 7.11 Å². The summed E-state index contributed by atoms with van der Waals surface area (Å²) in [7, 11) is 1.59. The molecule has 102 valence electrons. The summed E-state index contributed by atoms with van der Waals surface area (Å²) in [6.07, 6.45) is 2.16. The third kappa shape index (κ3) is 2.62. The van der Waals surface area contributed by atoms with Gasteiger partial charge in [-0.1, -0.05) is 18.2 Å². The molecule has 0 saturated heterocycles. The lowest BCUT2D eigenvalue weighted by Gasteiger charge is -2.09. The first-order valence-electron chi connectivity index (χ1n) is 6.23. The molecule has 0 spiro atoms. The highest BCUT2D eigenvalue weighted by Crippen LogP contribution is 2.35. The first kappa shape index (κ1) is 13.3. The minimum atomic E-state index is -0.106. The SMILES string of the molecule is COc1cc(CC(Cl)c2csc3ccccc23)ncn1. The molecule has 0 fully saturated rings. The van der Waals surface area contributed by atoms with Crippen molar-refractivity contribution in [2.24, 2.45) is 0 Å². The molecular formula is C15H13ClN2OS. The molecule has 20 heavy (non-hydrogen) atoms. The van der Waals surface area contributed by atoms with Gasteiger partial charge in [-0.25, -0.2) is 9.97 Å². The number of hydrogen-bond acceptors (Lipinski definition) is 4. The van der Waals surface area contributed by atoms with Gasteiger partial charge in [0, 0.05) is 22.9 Å². The Hall–Kier alpha value is -1.65. The van der Waals surface area contributed by atoms with E-state index in [-0.39, 0.29) is 5.38 Å². The van der Waals surface area contributed by atoms with Crippen molar-refractivity contribution >= 4 is 33.0 Å². The van der Waals surface area contributed by atoms with E-state index in [1.54, 1.807) is 18.4 Å². The second kappa shape index (κ2) is 5.77. The molecule has 0 radical (unpaired) electrons. The lowest BCUT2D eigenvalue weighted by atomic mass is 10.1. The number of aromatic nitrogens is 2. The van der Waals surface area contributed by atoms with Crippen LogP contribution in [0, 0.1) is 0 Å². The lowest BCUT2D eigenvalue weighted by Crippen LogP contribution is -1.99. The zero-order valence-electron chi connectivity index (χ0n) is 10.9. The summed E-state index contributed by atoms with van der Waals surface area (Å²) in [5, 5.41) is 3.24. The highest BCUT2D eigenvalue weighted by atomic mass is 35.5. The summed E-state index contributed by atoms with van der Waals surface area (Å²) < 4.78 is 6.36. The van der Waals surface area contributed by atoms with Gasteiger partial charge < -0.3 is 4.74 Å². The van der Waals surface area contributed by atoms with E-state index in [1.807, 2.05) is 18.2 Å². The van der Waals surface area contributed by atoms with E-state index in [0.29, 0.717) is 12.3 Å². The van der Waals surface area contributed by atoms with Crippen LogP contribution in [0.3, 0.4) is 0 Å². The third-order valence-corrected chi connectivity index (χ3v) is 4.52. The van der Waals surface area contributed by atoms with Crippen LogP contribution >= 0.6 is 22.9 Å². The van der Waals surface area contributed by atoms with Crippen LogP contribution in [0.15, 0.2) is 42.0 Å². The number of benzene rings is 1. The van der Waals surface area contributed by atoms with Crippen molar-refractivity contribution < 1.29 is 4.74 Å². The molecule has 1 aromatic carbocycles. The number of rotatable bonds is 4. The number of alkyl halides is 1. The minimum Gasteiger partial charge on any atom is -0.481 e. The number of thiophene rings is 1. The van der Waals surface area contributed by atoms with Gasteiger partial charge in [-0.3, -0.25) is 0 Å². The number of ether oxygens (including phenoxy) is 1. The predicted octanol–water partition coefficient (Wildman–Crippen LogP) is 4.22. The van der Waals surface area contributed by atoms with Crippen molar-refractivity contribution in [3.63, 3.8) is 0 Å². The van der Waals surface area contributed by atoms with Gasteiger partial charge in [0.05, 0.1) is 12.5 Å². The van der Waals surface area contributed by atoms with Gasteiger partial charge >= 0.3 is 0 Å². The largest absolute Gasteiger partial charge is 0.481 e. The van der Waals surface area contributed by atoms with Crippen molar-refractivity contribution in [2.45, 2.75) is 11.8 Å². The summed E-state index contributed by atoms with van der Waals surface area (Å²) in [5.41, 5.74) is 2.04. The smallest absolute Gasteiger partial charge is 0.216 e. The van der Waals surface area contributed by atoms with E-state index in [4.69, 9.17) is 16.3 Å². The second-order valence-electron chi connectivity index (χ2n) is 4.41. The quantitative estimate of drug-likeness (QED) is 0.677. The van der Waals surface area contributed by atoms with Gasteiger partial charge in [0.15, 0.2) is 0 Å². The van der Waals surface area contributed by atoms with Crippen molar-refractivity contribution in [1.29, 1.82) is 0 Å². The number of fused-ring (bicyclic) bond motifs is 1. The molecule has 0 aliphatic heterocycles. The zero-order valence-corrected chi connectivity index (χ0v) is 12.5. The van der Waals surface area contributed by atoms with E-state index < -0.39 is 0 Å². The molecule has 5 heteroatoms.